The number of hydrogen-bond donors (Lipinski definition) is 0. The predicted molar refractivity (Wildman–Crippen MR) is 82.8 cm³/mol. The Labute approximate surface area is 129 Å². The summed E-state index contributed by atoms with van der Waals surface area (Å²) < 4.78 is 5.52. The van der Waals surface area contributed by atoms with Crippen molar-refractivity contribution in [1.82, 2.24) is 14.8 Å². The van der Waals surface area contributed by atoms with Crippen LogP contribution in [-0.2, 0) is 4.74 Å². The van der Waals surface area contributed by atoms with Crippen molar-refractivity contribution in [1.29, 1.82) is 0 Å². The largest absolute Gasteiger partial charge is 0.381 e. The van der Waals surface area contributed by atoms with Crippen LogP contribution in [0.3, 0.4) is 0 Å². The first-order valence-electron chi connectivity index (χ1n) is 7.61. The first-order chi connectivity index (χ1) is 10.1. The lowest BCUT2D eigenvalue weighted by Gasteiger charge is -2.43. The molecule has 0 N–H and O–H groups in total. The molecule has 5 nitrogen and oxygen atoms in total. The summed E-state index contributed by atoms with van der Waals surface area (Å²) in [6.45, 7) is 6.16. The smallest absolute Gasteiger partial charge is 0.265 e. The second kappa shape index (κ2) is 6.02. The summed E-state index contributed by atoms with van der Waals surface area (Å²) in [4.78, 5) is 22.1. The van der Waals surface area contributed by atoms with Gasteiger partial charge in [-0.2, -0.15) is 0 Å². The van der Waals surface area contributed by atoms with Crippen molar-refractivity contribution in [2.45, 2.75) is 31.7 Å². The highest BCUT2D eigenvalue weighted by atomic mass is 32.1. The van der Waals surface area contributed by atoms with Gasteiger partial charge in [-0.3, -0.25) is 9.69 Å². The van der Waals surface area contributed by atoms with E-state index in [4.69, 9.17) is 4.74 Å². The van der Waals surface area contributed by atoms with E-state index in [0.717, 1.165) is 62.7 Å². The molecule has 1 spiro atoms. The monoisotopic (exact) mass is 309 g/mol. The van der Waals surface area contributed by atoms with E-state index in [-0.39, 0.29) is 11.4 Å². The summed E-state index contributed by atoms with van der Waals surface area (Å²) in [5.74, 6) is 0.146. The first kappa shape index (κ1) is 14.9. The van der Waals surface area contributed by atoms with Crippen molar-refractivity contribution < 1.29 is 9.53 Å². The molecule has 0 atom stereocenters. The number of carbonyl (C=O) groups excluding carboxylic acids is 1. The van der Waals surface area contributed by atoms with Crippen LogP contribution in [0.4, 0.5) is 0 Å². The summed E-state index contributed by atoms with van der Waals surface area (Å²) >= 11 is 1.45. The zero-order valence-corrected chi connectivity index (χ0v) is 13.6. The summed E-state index contributed by atoms with van der Waals surface area (Å²) in [5, 5.41) is 0. The number of nitrogens with zero attached hydrogens (tertiary/aromatic N) is 3. The van der Waals surface area contributed by atoms with E-state index in [0.29, 0.717) is 0 Å². The lowest BCUT2D eigenvalue weighted by Crippen LogP contribution is -2.50. The standard InChI is InChI=1S/C15H23N3O2S/c1-12-13(21-11-16-12)14(19)18-6-3-15(17(2)7-8-18)4-9-20-10-5-15/h11H,3-10H2,1-2H3. The Kier molecular flexibility index (Phi) is 4.28. The van der Waals surface area contributed by atoms with Crippen LogP contribution < -0.4 is 0 Å². The molecule has 0 saturated carbocycles. The Hall–Kier alpha value is -0.980. The van der Waals surface area contributed by atoms with Crippen molar-refractivity contribution in [2.24, 2.45) is 0 Å². The van der Waals surface area contributed by atoms with Gasteiger partial charge in [0.1, 0.15) is 4.88 Å². The third-order valence-corrected chi connectivity index (χ3v) is 5.93. The van der Waals surface area contributed by atoms with Crippen LogP contribution in [-0.4, -0.2) is 66.1 Å². The minimum atomic E-state index is 0.146. The third kappa shape index (κ3) is 2.84. The minimum absolute atomic E-state index is 0.146. The number of rotatable bonds is 1. The number of aromatic nitrogens is 1. The van der Waals surface area contributed by atoms with Crippen LogP contribution in [0.2, 0.25) is 0 Å². The molecule has 2 fully saturated rings. The molecule has 2 aliphatic rings. The van der Waals surface area contributed by atoms with Gasteiger partial charge < -0.3 is 9.64 Å². The highest BCUT2D eigenvalue weighted by Crippen LogP contribution is 2.32. The number of likely N-dealkylation sites (N-methyl/N-ethyl adjacent to an activating group) is 1. The van der Waals surface area contributed by atoms with Crippen LogP contribution in [0, 0.1) is 6.92 Å². The minimum Gasteiger partial charge on any atom is -0.381 e. The molecule has 3 rings (SSSR count). The van der Waals surface area contributed by atoms with Crippen molar-refractivity contribution in [3.05, 3.63) is 16.1 Å². The van der Waals surface area contributed by atoms with Gasteiger partial charge in [0.25, 0.3) is 5.91 Å². The molecule has 21 heavy (non-hydrogen) atoms. The maximum Gasteiger partial charge on any atom is 0.265 e. The lowest BCUT2D eigenvalue weighted by atomic mass is 9.85. The predicted octanol–water partition coefficient (Wildman–Crippen LogP) is 1.78. The molecule has 1 aromatic heterocycles. The molecule has 2 saturated heterocycles. The molecule has 116 valence electrons. The van der Waals surface area contributed by atoms with Crippen LogP contribution in [0.25, 0.3) is 0 Å². The van der Waals surface area contributed by atoms with Crippen LogP contribution in [0.15, 0.2) is 5.51 Å². The molecular formula is C15H23N3O2S. The molecule has 0 bridgehead atoms. The molecule has 0 unspecified atom stereocenters. The summed E-state index contributed by atoms with van der Waals surface area (Å²) in [6, 6.07) is 0. The molecule has 2 aliphatic heterocycles. The van der Waals surface area contributed by atoms with Gasteiger partial charge >= 0.3 is 0 Å². The molecule has 1 amide bonds. The highest BCUT2D eigenvalue weighted by Gasteiger charge is 2.39. The van der Waals surface area contributed by atoms with Gasteiger partial charge in [0.15, 0.2) is 0 Å². The van der Waals surface area contributed by atoms with E-state index in [9.17, 15) is 4.79 Å². The van der Waals surface area contributed by atoms with Crippen LogP contribution in [0.1, 0.15) is 34.6 Å². The number of carbonyl (C=O) groups is 1. The normalized spacial score (nSPS) is 23.2. The van der Waals surface area contributed by atoms with Gasteiger partial charge in [-0.05, 0) is 33.2 Å². The number of amides is 1. The van der Waals surface area contributed by atoms with Crippen molar-refractivity contribution >= 4 is 17.2 Å². The van der Waals surface area contributed by atoms with E-state index in [1.54, 1.807) is 5.51 Å². The SMILES string of the molecule is Cc1ncsc1C(=O)N1CCN(C)C2(CCOCC2)CC1. The fourth-order valence-corrected chi connectivity index (χ4v) is 4.16. The highest BCUT2D eigenvalue weighted by molar-refractivity contribution is 7.11. The van der Waals surface area contributed by atoms with E-state index in [1.807, 2.05) is 11.8 Å². The second-order valence-corrected chi connectivity index (χ2v) is 6.92. The van der Waals surface area contributed by atoms with Gasteiger partial charge in [0.05, 0.1) is 11.2 Å². The first-order valence-corrected chi connectivity index (χ1v) is 8.49. The van der Waals surface area contributed by atoms with Gasteiger partial charge in [-0.25, -0.2) is 4.98 Å². The zero-order valence-electron chi connectivity index (χ0n) is 12.8. The average Bonchev–Trinajstić information content (AvgIpc) is 2.87. The quantitative estimate of drug-likeness (QED) is 0.793. The van der Waals surface area contributed by atoms with Gasteiger partial charge in [-0.15, -0.1) is 11.3 Å². The molecule has 0 aromatic carbocycles. The molecule has 1 aromatic rings. The Morgan fingerprint density at radius 3 is 2.71 bits per heavy atom. The third-order valence-electron chi connectivity index (χ3n) is 5.01. The maximum absolute atomic E-state index is 12.7. The molecule has 0 aliphatic carbocycles. The summed E-state index contributed by atoms with van der Waals surface area (Å²) in [5.41, 5.74) is 2.83. The topological polar surface area (TPSA) is 45.7 Å². The van der Waals surface area contributed by atoms with Gasteiger partial charge in [0.2, 0.25) is 0 Å². The summed E-state index contributed by atoms with van der Waals surface area (Å²) in [7, 11) is 2.19. The van der Waals surface area contributed by atoms with E-state index >= 15 is 0 Å². The fraction of sp³-hybridized carbons (Fsp3) is 0.733. The second-order valence-electron chi connectivity index (χ2n) is 6.07. The maximum atomic E-state index is 12.7. The van der Waals surface area contributed by atoms with E-state index < -0.39 is 0 Å². The van der Waals surface area contributed by atoms with Crippen LogP contribution >= 0.6 is 11.3 Å². The van der Waals surface area contributed by atoms with Crippen molar-refractivity contribution in [3.63, 3.8) is 0 Å². The number of thiazole rings is 1. The average molecular weight is 309 g/mol. The molecule has 6 heteroatoms. The molecular weight excluding hydrogens is 286 g/mol. The molecule has 3 heterocycles. The van der Waals surface area contributed by atoms with Crippen LogP contribution in [0.5, 0.6) is 0 Å². The van der Waals surface area contributed by atoms with E-state index in [1.165, 1.54) is 11.3 Å². The number of hydrogen-bond acceptors (Lipinski definition) is 5. The molecule has 0 radical (unpaired) electrons. The zero-order chi connectivity index (χ0) is 14.9. The van der Waals surface area contributed by atoms with Gasteiger partial charge in [0, 0.05) is 38.4 Å². The Bertz CT molecular complexity index is 511. The summed E-state index contributed by atoms with van der Waals surface area (Å²) in [6.07, 6.45) is 3.19. The van der Waals surface area contributed by atoms with Gasteiger partial charge in [-0.1, -0.05) is 0 Å². The Morgan fingerprint density at radius 1 is 1.29 bits per heavy atom. The Balaban J connectivity index is 1.73. The Morgan fingerprint density at radius 2 is 2.05 bits per heavy atom. The lowest BCUT2D eigenvalue weighted by molar-refractivity contribution is -0.0158. The van der Waals surface area contributed by atoms with Crippen molar-refractivity contribution in [3.8, 4) is 0 Å². The number of ether oxygens (including phenoxy) is 1. The number of aryl methyl sites for hydroxylation is 1. The fourth-order valence-electron chi connectivity index (χ4n) is 3.39. The van der Waals surface area contributed by atoms with E-state index in [2.05, 4.69) is 16.9 Å². The van der Waals surface area contributed by atoms with Crippen molar-refractivity contribution in [2.75, 3.05) is 39.9 Å².